The first kappa shape index (κ1) is 11.6. The molecule has 0 N–H and O–H groups in total. The van der Waals surface area contributed by atoms with Gasteiger partial charge >= 0.3 is 0 Å². The maximum atomic E-state index is 5.58. The van der Waals surface area contributed by atoms with E-state index in [0.717, 1.165) is 0 Å². The molecule has 0 aromatic carbocycles. The van der Waals surface area contributed by atoms with Crippen molar-refractivity contribution in [3.05, 3.63) is 17.7 Å². The van der Waals surface area contributed by atoms with Crippen molar-refractivity contribution in [1.29, 1.82) is 0 Å². The highest BCUT2D eigenvalue weighted by molar-refractivity contribution is 6.28. The minimum Gasteiger partial charge on any atom is -0.488 e. The normalized spacial score (nSPS) is 23.3. The van der Waals surface area contributed by atoms with Crippen molar-refractivity contribution in [2.75, 3.05) is 13.2 Å². The average molecular weight is 245 g/mol. The van der Waals surface area contributed by atoms with Gasteiger partial charge in [-0.2, -0.15) is 0 Å². The number of ether oxygens (including phenoxy) is 3. The Kier molecular flexibility index (Phi) is 3.28. The predicted molar refractivity (Wildman–Crippen MR) is 57.4 cm³/mol. The summed E-state index contributed by atoms with van der Waals surface area (Å²) >= 11 is 5.55. The molecule has 0 bridgehead atoms. The molecular weight excluding hydrogens is 232 g/mol. The molecule has 6 heteroatoms. The van der Waals surface area contributed by atoms with Crippen LogP contribution in [0.5, 0.6) is 5.75 Å². The summed E-state index contributed by atoms with van der Waals surface area (Å²) in [6.45, 7) is 4.69. The van der Waals surface area contributed by atoms with E-state index in [2.05, 4.69) is 9.97 Å². The maximum Gasteiger partial charge on any atom is 0.222 e. The molecule has 1 aliphatic heterocycles. The summed E-state index contributed by atoms with van der Waals surface area (Å²) in [4.78, 5) is 7.62. The number of aromatic nitrogens is 2. The minimum atomic E-state index is -0.523. The lowest BCUT2D eigenvalue weighted by molar-refractivity contribution is -0.141. The topological polar surface area (TPSA) is 53.5 Å². The summed E-state index contributed by atoms with van der Waals surface area (Å²) in [6, 6.07) is 0. The highest BCUT2D eigenvalue weighted by Crippen LogP contribution is 2.22. The van der Waals surface area contributed by atoms with E-state index in [4.69, 9.17) is 25.8 Å². The largest absolute Gasteiger partial charge is 0.488 e. The van der Waals surface area contributed by atoms with Crippen LogP contribution in [0.4, 0.5) is 0 Å². The summed E-state index contributed by atoms with van der Waals surface area (Å²) in [5.41, 5.74) is 0. The quantitative estimate of drug-likeness (QED) is 0.757. The molecule has 2 rings (SSSR count). The first-order valence-electron chi connectivity index (χ1n) is 4.97. The van der Waals surface area contributed by atoms with Gasteiger partial charge in [0.2, 0.25) is 5.28 Å². The monoisotopic (exact) mass is 244 g/mol. The Morgan fingerprint density at radius 1 is 1.50 bits per heavy atom. The lowest BCUT2D eigenvalue weighted by Gasteiger charge is -2.17. The molecule has 0 radical (unpaired) electrons. The molecule has 5 nitrogen and oxygen atoms in total. The van der Waals surface area contributed by atoms with Crippen molar-refractivity contribution in [3.8, 4) is 5.75 Å². The van der Waals surface area contributed by atoms with Crippen molar-refractivity contribution in [1.82, 2.24) is 9.97 Å². The molecule has 0 aliphatic carbocycles. The van der Waals surface area contributed by atoms with Gasteiger partial charge in [-0.1, -0.05) is 0 Å². The molecule has 1 aliphatic rings. The zero-order chi connectivity index (χ0) is 11.6. The molecule has 0 saturated carbocycles. The lowest BCUT2D eigenvalue weighted by Crippen LogP contribution is -2.25. The Balaban J connectivity index is 1.82. The van der Waals surface area contributed by atoms with Gasteiger partial charge < -0.3 is 14.2 Å². The maximum absolute atomic E-state index is 5.58. The van der Waals surface area contributed by atoms with Gasteiger partial charge in [-0.3, -0.25) is 0 Å². The zero-order valence-electron chi connectivity index (χ0n) is 9.14. The van der Waals surface area contributed by atoms with Gasteiger partial charge in [-0.25, -0.2) is 9.97 Å². The summed E-state index contributed by atoms with van der Waals surface area (Å²) in [5.74, 6) is 0.0440. The van der Waals surface area contributed by atoms with Gasteiger partial charge in [0.1, 0.15) is 12.7 Å². The van der Waals surface area contributed by atoms with Crippen LogP contribution in [-0.2, 0) is 9.47 Å². The second-order valence-corrected chi connectivity index (χ2v) is 4.29. The summed E-state index contributed by atoms with van der Waals surface area (Å²) < 4.78 is 16.4. The van der Waals surface area contributed by atoms with Gasteiger partial charge in [-0.05, 0) is 25.4 Å². The highest BCUT2D eigenvalue weighted by Gasteiger charge is 2.32. The van der Waals surface area contributed by atoms with Crippen LogP contribution in [-0.4, -0.2) is 35.1 Å². The van der Waals surface area contributed by atoms with E-state index in [-0.39, 0.29) is 11.4 Å². The van der Waals surface area contributed by atoms with Crippen LogP contribution in [0.1, 0.15) is 13.8 Å². The van der Waals surface area contributed by atoms with E-state index in [1.54, 1.807) is 0 Å². The lowest BCUT2D eigenvalue weighted by atomic mass is 10.4. The Morgan fingerprint density at radius 3 is 2.75 bits per heavy atom. The minimum absolute atomic E-state index is 0.0642. The zero-order valence-corrected chi connectivity index (χ0v) is 9.90. The van der Waals surface area contributed by atoms with E-state index in [0.29, 0.717) is 19.0 Å². The third-order valence-electron chi connectivity index (χ3n) is 2.10. The van der Waals surface area contributed by atoms with E-state index in [1.807, 2.05) is 13.8 Å². The van der Waals surface area contributed by atoms with Crippen LogP contribution in [0.2, 0.25) is 5.28 Å². The van der Waals surface area contributed by atoms with Crippen LogP contribution in [0.15, 0.2) is 12.4 Å². The van der Waals surface area contributed by atoms with Crippen molar-refractivity contribution < 1.29 is 14.2 Å². The Bertz CT molecular complexity index is 356. The SMILES string of the molecule is CC1(C)OC[C@@H](COc2cnc(Cl)nc2)O1. The molecule has 0 amide bonds. The first-order valence-corrected chi connectivity index (χ1v) is 5.35. The Labute approximate surface area is 98.7 Å². The number of rotatable bonds is 3. The summed E-state index contributed by atoms with van der Waals surface area (Å²) in [7, 11) is 0. The van der Waals surface area contributed by atoms with Crippen molar-refractivity contribution in [2.45, 2.75) is 25.7 Å². The number of halogens is 1. The van der Waals surface area contributed by atoms with Crippen molar-refractivity contribution in [3.63, 3.8) is 0 Å². The van der Waals surface area contributed by atoms with Crippen LogP contribution in [0.25, 0.3) is 0 Å². The van der Waals surface area contributed by atoms with E-state index >= 15 is 0 Å². The van der Waals surface area contributed by atoms with E-state index < -0.39 is 5.79 Å². The fourth-order valence-corrected chi connectivity index (χ4v) is 1.51. The smallest absolute Gasteiger partial charge is 0.222 e. The number of hydrogen-bond donors (Lipinski definition) is 0. The van der Waals surface area contributed by atoms with E-state index in [9.17, 15) is 0 Å². The average Bonchev–Trinajstić information content (AvgIpc) is 2.58. The molecule has 2 heterocycles. The number of nitrogens with zero attached hydrogens (tertiary/aromatic N) is 2. The standard InChI is InChI=1S/C10H13ClN2O3/c1-10(2)15-6-8(16-10)5-14-7-3-12-9(11)13-4-7/h3-4,8H,5-6H2,1-2H3/t8-/m1/s1. The molecule has 88 valence electrons. The van der Waals surface area contributed by atoms with Crippen molar-refractivity contribution in [2.24, 2.45) is 0 Å². The van der Waals surface area contributed by atoms with Crippen LogP contribution < -0.4 is 4.74 Å². The van der Waals surface area contributed by atoms with Gasteiger partial charge in [0.15, 0.2) is 11.5 Å². The van der Waals surface area contributed by atoms with Gasteiger partial charge in [0, 0.05) is 0 Å². The van der Waals surface area contributed by atoms with Gasteiger partial charge in [0.05, 0.1) is 19.0 Å². The predicted octanol–water partition coefficient (Wildman–Crippen LogP) is 1.66. The third-order valence-corrected chi connectivity index (χ3v) is 2.30. The van der Waals surface area contributed by atoms with Crippen molar-refractivity contribution >= 4 is 11.6 Å². The molecule has 1 fully saturated rings. The Hall–Kier alpha value is -0.910. The van der Waals surface area contributed by atoms with E-state index in [1.165, 1.54) is 12.4 Å². The van der Waals surface area contributed by atoms with Gasteiger partial charge in [0.25, 0.3) is 0 Å². The molecule has 1 aromatic rings. The summed E-state index contributed by atoms with van der Waals surface area (Å²) in [6.07, 6.45) is 2.98. The first-order chi connectivity index (χ1) is 7.55. The van der Waals surface area contributed by atoms with Gasteiger partial charge in [-0.15, -0.1) is 0 Å². The second kappa shape index (κ2) is 4.53. The summed E-state index contributed by atoms with van der Waals surface area (Å²) in [5, 5.41) is 0.203. The van der Waals surface area contributed by atoms with Crippen LogP contribution >= 0.6 is 11.6 Å². The fourth-order valence-electron chi connectivity index (χ4n) is 1.41. The molecule has 1 atom stereocenters. The molecule has 1 saturated heterocycles. The molecule has 1 aromatic heterocycles. The molecule has 16 heavy (non-hydrogen) atoms. The fraction of sp³-hybridized carbons (Fsp3) is 0.600. The second-order valence-electron chi connectivity index (χ2n) is 3.95. The third kappa shape index (κ3) is 3.04. The van der Waals surface area contributed by atoms with Crippen LogP contribution in [0.3, 0.4) is 0 Å². The number of hydrogen-bond acceptors (Lipinski definition) is 5. The molecule has 0 spiro atoms. The highest BCUT2D eigenvalue weighted by atomic mass is 35.5. The Morgan fingerprint density at radius 2 is 2.19 bits per heavy atom. The molecular formula is C10H13ClN2O3. The van der Waals surface area contributed by atoms with Crippen LogP contribution in [0, 0.1) is 0 Å². The molecule has 0 unspecified atom stereocenters.